The summed E-state index contributed by atoms with van der Waals surface area (Å²) in [5.41, 5.74) is 1.17. The summed E-state index contributed by atoms with van der Waals surface area (Å²) in [6.45, 7) is 0. The summed E-state index contributed by atoms with van der Waals surface area (Å²) in [6, 6.07) is 9.96. The molecule has 0 amide bonds. The second-order valence-electron chi connectivity index (χ2n) is 6.73. The van der Waals surface area contributed by atoms with Gasteiger partial charge in [0, 0.05) is 11.8 Å². The summed E-state index contributed by atoms with van der Waals surface area (Å²) in [5, 5.41) is 0.547. The minimum absolute atomic E-state index is 0.0520. The van der Waals surface area contributed by atoms with Gasteiger partial charge in [-0.05, 0) is 29.8 Å². The number of benzene rings is 2. The lowest BCUT2D eigenvalue weighted by molar-refractivity contribution is 0.414. The Bertz CT molecular complexity index is 1030. The van der Waals surface area contributed by atoms with E-state index in [9.17, 15) is 17.2 Å². The number of hydrogen-bond acceptors (Lipinski definition) is 6. The topological polar surface area (TPSA) is 59.0 Å². The third-order valence-corrected chi connectivity index (χ3v) is 7.54. The van der Waals surface area contributed by atoms with Crippen LogP contribution in [-0.4, -0.2) is 44.3 Å². The maximum absolute atomic E-state index is 14.5. The van der Waals surface area contributed by atoms with E-state index in [1.165, 1.54) is 23.9 Å². The zero-order valence-electron chi connectivity index (χ0n) is 15.0. The average Bonchev–Trinajstić information content (AvgIpc) is 3.12. The highest BCUT2D eigenvalue weighted by molar-refractivity contribution is 8.13. The number of amidine groups is 1. The zero-order valence-corrected chi connectivity index (χ0v) is 16.6. The van der Waals surface area contributed by atoms with Crippen molar-refractivity contribution in [3.63, 3.8) is 0 Å². The third kappa shape index (κ3) is 3.73. The third-order valence-electron chi connectivity index (χ3n) is 4.80. The van der Waals surface area contributed by atoms with E-state index in [1.807, 2.05) is 24.3 Å². The molecule has 148 valence electrons. The van der Waals surface area contributed by atoms with Gasteiger partial charge >= 0.3 is 0 Å². The molecule has 0 N–H and O–H groups in total. The standard InChI is InChI=1S/C19H18F2N2O3S2/c1-26-14-5-2-12(3-6-14)9-27-19-22-16-10-28(24,25)11-18(16)23(19)17-7-4-13(20)8-15(17)21/h2-8,16,18H,9-11H2,1H3/t16-,18+/m1/s1. The zero-order chi connectivity index (χ0) is 19.9. The van der Waals surface area contributed by atoms with Gasteiger partial charge in [-0.2, -0.15) is 0 Å². The molecule has 9 heteroatoms. The van der Waals surface area contributed by atoms with Gasteiger partial charge in [0.05, 0.1) is 36.4 Å². The lowest BCUT2D eigenvalue weighted by atomic mass is 10.1. The summed E-state index contributed by atoms with van der Waals surface area (Å²) in [6.07, 6.45) is 0. The molecule has 0 radical (unpaired) electrons. The molecule has 1 fully saturated rings. The number of nitrogens with zero attached hydrogens (tertiary/aromatic N) is 2. The van der Waals surface area contributed by atoms with E-state index in [1.54, 1.807) is 12.0 Å². The molecule has 0 spiro atoms. The molecule has 0 aromatic heterocycles. The molecule has 5 nitrogen and oxygen atoms in total. The Morgan fingerprint density at radius 2 is 1.93 bits per heavy atom. The molecule has 4 rings (SSSR count). The van der Waals surface area contributed by atoms with Crippen molar-refractivity contribution in [2.75, 3.05) is 23.5 Å². The van der Waals surface area contributed by atoms with Crippen molar-refractivity contribution in [3.05, 3.63) is 59.7 Å². The lowest BCUT2D eigenvalue weighted by Gasteiger charge is -2.26. The van der Waals surface area contributed by atoms with Gasteiger partial charge in [-0.15, -0.1) is 0 Å². The van der Waals surface area contributed by atoms with Crippen LogP contribution in [-0.2, 0) is 15.6 Å². The predicted molar refractivity (Wildman–Crippen MR) is 107 cm³/mol. The Kier molecular flexibility index (Phi) is 5.05. The van der Waals surface area contributed by atoms with E-state index in [2.05, 4.69) is 4.99 Å². The van der Waals surface area contributed by atoms with Crippen LogP contribution >= 0.6 is 11.8 Å². The van der Waals surface area contributed by atoms with Gasteiger partial charge in [-0.1, -0.05) is 23.9 Å². The van der Waals surface area contributed by atoms with Gasteiger partial charge in [0.1, 0.15) is 17.4 Å². The number of ether oxygens (including phenoxy) is 1. The van der Waals surface area contributed by atoms with E-state index < -0.39 is 33.6 Å². The molecule has 0 aliphatic carbocycles. The fourth-order valence-electron chi connectivity index (χ4n) is 3.46. The number of sulfone groups is 1. The van der Waals surface area contributed by atoms with Crippen molar-refractivity contribution in [3.8, 4) is 5.75 Å². The van der Waals surface area contributed by atoms with Crippen molar-refractivity contribution in [1.82, 2.24) is 0 Å². The van der Waals surface area contributed by atoms with Crippen LogP contribution in [0.3, 0.4) is 0 Å². The van der Waals surface area contributed by atoms with Crippen LogP contribution in [0.5, 0.6) is 5.75 Å². The first-order valence-corrected chi connectivity index (χ1v) is 11.5. The molecule has 0 bridgehead atoms. The van der Waals surface area contributed by atoms with Crippen molar-refractivity contribution in [1.29, 1.82) is 0 Å². The van der Waals surface area contributed by atoms with Crippen LogP contribution in [0.4, 0.5) is 14.5 Å². The molecule has 1 saturated heterocycles. The highest BCUT2D eigenvalue weighted by Crippen LogP contribution is 2.37. The summed E-state index contributed by atoms with van der Waals surface area (Å²) < 4.78 is 57.0. The van der Waals surface area contributed by atoms with Crippen LogP contribution in [0.25, 0.3) is 0 Å². The van der Waals surface area contributed by atoms with Crippen molar-refractivity contribution < 1.29 is 21.9 Å². The first kappa shape index (κ1) is 19.2. The average molecular weight is 424 g/mol. The van der Waals surface area contributed by atoms with Gasteiger partial charge < -0.3 is 9.64 Å². The molecule has 2 heterocycles. The monoisotopic (exact) mass is 424 g/mol. The fraction of sp³-hybridized carbons (Fsp3) is 0.316. The number of hydrogen-bond donors (Lipinski definition) is 0. The molecule has 0 unspecified atom stereocenters. The maximum Gasteiger partial charge on any atom is 0.164 e. The molecular formula is C19H18F2N2O3S2. The predicted octanol–water partition coefficient (Wildman–Crippen LogP) is 3.25. The molecular weight excluding hydrogens is 406 g/mol. The van der Waals surface area contributed by atoms with Gasteiger partial charge in [-0.3, -0.25) is 4.99 Å². The van der Waals surface area contributed by atoms with Crippen molar-refractivity contribution in [2.45, 2.75) is 17.8 Å². The highest BCUT2D eigenvalue weighted by atomic mass is 32.2. The Morgan fingerprint density at radius 1 is 1.18 bits per heavy atom. The second-order valence-corrected chi connectivity index (χ2v) is 9.82. The molecule has 2 aliphatic heterocycles. The van der Waals surface area contributed by atoms with E-state index in [-0.39, 0.29) is 17.2 Å². The number of aliphatic imine (C=N–C) groups is 1. The number of methoxy groups -OCH3 is 1. The second kappa shape index (κ2) is 7.36. The highest BCUT2D eigenvalue weighted by Gasteiger charge is 2.47. The van der Waals surface area contributed by atoms with E-state index >= 15 is 0 Å². The minimum atomic E-state index is -3.23. The van der Waals surface area contributed by atoms with Crippen LogP contribution < -0.4 is 9.64 Å². The number of anilines is 1. The Balaban J connectivity index is 1.61. The van der Waals surface area contributed by atoms with E-state index in [4.69, 9.17) is 4.74 Å². The van der Waals surface area contributed by atoms with Gasteiger partial charge in [-0.25, -0.2) is 17.2 Å². The molecule has 0 saturated carbocycles. The van der Waals surface area contributed by atoms with Crippen LogP contribution in [0.15, 0.2) is 47.5 Å². The number of halogens is 2. The SMILES string of the molecule is COc1ccc(CSC2=N[C@@H]3CS(=O)(=O)C[C@@H]3N2c2ccc(F)cc2F)cc1. The van der Waals surface area contributed by atoms with Crippen LogP contribution in [0, 0.1) is 11.6 Å². The van der Waals surface area contributed by atoms with Gasteiger partial charge in [0.25, 0.3) is 0 Å². The molecule has 28 heavy (non-hydrogen) atoms. The van der Waals surface area contributed by atoms with E-state index in [0.29, 0.717) is 10.9 Å². The molecule has 2 aromatic carbocycles. The maximum atomic E-state index is 14.5. The van der Waals surface area contributed by atoms with Gasteiger partial charge in [0.15, 0.2) is 15.0 Å². The summed E-state index contributed by atoms with van der Waals surface area (Å²) >= 11 is 1.40. The number of thioether (sulfide) groups is 1. The minimum Gasteiger partial charge on any atom is -0.497 e. The van der Waals surface area contributed by atoms with Gasteiger partial charge in [0.2, 0.25) is 0 Å². The van der Waals surface area contributed by atoms with Crippen molar-refractivity contribution in [2.24, 2.45) is 4.99 Å². The van der Waals surface area contributed by atoms with Crippen molar-refractivity contribution >= 4 is 32.5 Å². The number of rotatable bonds is 4. The molecule has 2 aromatic rings. The summed E-state index contributed by atoms with van der Waals surface area (Å²) in [5.74, 6) is -0.229. The fourth-order valence-corrected chi connectivity index (χ4v) is 6.38. The molecule has 2 aliphatic rings. The quantitative estimate of drug-likeness (QED) is 0.754. The number of fused-ring (bicyclic) bond motifs is 1. The lowest BCUT2D eigenvalue weighted by Crippen LogP contribution is -2.39. The largest absolute Gasteiger partial charge is 0.497 e. The smallest absolute Gasteiger partial charge is 0.164 e. The molecule has 2 atom stereocenters. The van der Waals surface area contributed by atoms with Crippen LogP contribution in [0.2, 0.25) is 0 Å². The Hall–Kier alpha value is -2.13. The Labute approximate surface area is 166 Å². The summed E-state index contributed by atoms with van der Waals surface area (Å²) in [7, 11) is -1.64. The first-order valence-electron chi connectivity index (χ1n) is 8.64. The normalized spacial score (nSPS) is 22.8. The Morgan fingerprint density at radius 3 is 2.61 bits per heavy atom. The first-order chi connectivity index (χ1) is 13.4. The van der Waals surface area contributed by atoms with Crippen LogP contribution in [0.1, 0.15) is 5.56 Å². The van der Waals surface area contributed by atoms with E-state index in [0.717, 1.165) is 17.4 Å². The summed E-state index contributed by atoms with van der Waals surface area (Å²) in [4.78, 5) is 6.17.